The third-order valence-corrected chi connectivity index (χ3v) is 4.09. The van der Waals surface area contributed by atoms with Gasteiger partial charge in [-0.1, -0.05) is 20.8 Å². The van der Waals surface area contributed by atoms with Gasteiger partial charge in [-0.05, 0) is 44.1 Å². The molecule has 1 saturated carbocycles. The molecule has 0 heterocycles. The van der Waals surface area contributed by atoms with Gasteiger partial charge in [0.15, 0.2) is 0 Å². The molecule has 0 radical (unpaired) electrons. The summed E-state index contributed by atoms with van der Waals surface area (Å²) in [5, 5.41) is 3.41. The lowest BCUT2D eigenvalue weighted by atomic mass is 9.67. The molecular weight excluding hydrogens is 172 g/mol. The van der Waals surface area contributed by atoms with Crippen molar-refractivity contribution in [2.75, 3.05) is 13.6 Å². The van der Waals surface area contributed by atoms with E-state index in [1.165, 1.54) is 25.7 Å². The van der Waals surface area contributed by atoms with Gasteiger partial charge in [0.2, 0.25) is 0 Å². The van der Waals surface area contributed by atoms with Crippen LogP contribution in [0.2, 0.25) is 0 Å². The van der Waals surface area contributed by atoms with Crippen molar-refractivity contribution in [1.82, 2.24) is 5.32 Å². The first-order valence-electron chi connectivity index (χ1n) is 5.82. The molecule has 0 unspecified atom stereocenters. The average Bonchev–Trinajstić information content (AvgIpc) is 2.16. The second kappa shape index (κ2) is 4.19. The van der Waals surface area contributed by atoms with Crippen molar-refractivity contribution in [3.05, 3.63) is 0 Å². The second-order valence-corrected chi connectivity index (χ2v) is 5.87. The van der Waals surface area contributed by atoms with Crippen LogP contribution in [0.4, 0.5) is 0 Å². The topological polar surface area (TPSA) is 38.0 Å². The van der Waals surface area contributed by atoms with E-state index in [0.717, 1.165) is 12.5 Å². The second-order valence-electron chi connectivity index (χ2n) is 5.87. The van der Waals surface area contributed by atoms with E-state index >= 15 is 0 Å². The lowest BCUT2D eigenvalue weighted by molar-refractivity contribution is 0.122. The van der Waals surface area contributed by atoms with Crippen LogP contribution in [0.15, 0.2) is 0 Å². The average molecular weight is 198 g/mol. The summed E-state index contributed by atoms with van der Waals surface area (Å²) in [5.74, 6) is 0.871. The Morgan fingerprint density at radius 2 is 1.79 bits per heavy atom. The molecule has 0 aromatic rings. The highest BCUT2D eigenvalue weighted by atomic mass is 15.0. The zero-order chi connectivity index (χ0) is 10.8. The summed E-state index contributed by atoms with van der Waals surface area (Å²) in [6.07, 6.45) is 5.12. The van der Waals surface area contributed by atoms with Gasteiger partial charge < -0.3 is 11.1 Å². The number of likely N-dealkylation sites (N-methyl/N-ethyl adjacent to an activating group) is 1. The maximum Gasteiger partial charge on any atom is 0.0301 e. The van der Waals surface area contributed by atoms with E-state index in [1.54, 1.807) is 0 Å². The van der Waals surface area contributed by atoms with Gasteiger partial charge in [-0.25, -0.2) is 0 Å². The van der Waals surface area contributed by atoms with E-state index in [2.05, 4.69) is 26.1 Å². The van der Waals surface area contributed by atoms with Crippen molar-refractivity contribution in [3.63, 3.8) is 0 Å². The van der Waals surface area contributed by atoms with Crippen LogP contribution in [-0.4, -0.2) is 19.1 Å². The zero-order valence-corrected chi connectivity index (χ0v) is 10.2. The molecule has 0 saturated heterocycles. The number of hydrogen-bond donors (Lipinski definition) is 2. The highest BCUT2D eigenvalue weighted by Crippen LogP contribution is 2.40. The Kier molecular flexibility index (Phi) is 3.59. The third-order valence-electron chi connectivity index (χ3n) is 4.09. The summed E-state index contributed by atoms with van der Waals surface area (Å²) in [5.41, 5.74) is 6.55. The van der Waals surface area contributed by atoms with Crippen LogP contribution in [-0.2, 0) is 0 Å². The molecule has 0 aromatic carbocycles. The minimum Gasteiger partial charge on any atom is -0.329 e. The Hall–Kier alpha value is -0.0800. The molecule has 2 nitrogen and oxygen atoms in total. The van der Waals surface area contributed by atoms with Crippen LogP contribution in [0.1, 0.15) is 46.5 Å². The summed E-state index contributed by atoms with van der Waals surface area (Å²) in [6.45, 7) is 7.84. The monoisotopic (exact) mass is 198 g/mol. The summed E-state index contributed by atoms with van der Waals surface area (Å²) >= 11 is 0. The maximum absolute atomic E-state index is 5.84. The molecule has 0 atom stereocenters. The fourth-order valence-corrected chi connectivity index (χ4v) is 2.59. The van der Waals surface area contributed by atoms with Gasteiger partial charge in [-0.2, -0.15) is 0 Å². The Balaban J connectivity index is 2.53. The molecule has 1 aliphatic carbocycles. The van der Waals surface area contributed by atoms with E-state index in [1.807, 2.05) is 7.05 Å². The highest BCUT2D eigenvalue weighted by molar-refractivity contribution is 4.94. The summed E-state index contributed by atoms with van der Waals surface area (Å²) in [4.78, 5) is 0. The van der Waals surface area contributed by atoms with Crippen molar-refractivity contribution < 1.29 is 0 Å². The normalized spacial score (nSPS) is 34.5. The largest absolute Gasteiger partial charge is 0.329 e. The lowest BCUT2D eigenvalue weighted by Crippen LogP contribution is -2.52. The molecule has 0 bridgehead atoms. The Morgan fingerprint density at radius 3 is 2.07 bits per heavy atom. The van der Waals surface area contributed by atoms with Gasteiger partial charge in [-0.3, -0.25) is 0 Å². The number of hydrogen-bond acceptors (Lipinski definition) is 2. The molecule has 0 aromatic heterocycles. The maximum atomic E-state index is 5.84. The van der Waals surface area contributed by atoms with E-state index in [0.29, 0.717) is 5.41 Å². The van der Waals surface area contributed by atoms with Gasteiger partial charge in [0.05, 0.1) is 0 Å². The van der Waals surface area contributed by atoms with E-state index in [9.17, 15) is 0 Å². The minimum absolute atomic E-state index is 0.238. The molecule has 0 aliphatic heterocycles. The molecule has 3 N–H and O–H groups in total. The lowest BCUT2D eigenvalue weighted by Gasteiger charge is -2.43. The fraction of sp³-hybridized carbons (Fsp3) is 1.00. The Labute approximate surface area is 88.6 Å². The summed E-state index contributed by atoms with van der Waals surface area (Å²) in [7, 11) is 2.05. The van der Waals surface area contributed by atoms with Crippen LogP contribution in [0.25, 0.3) is 0 Å². The van der Waals surface area contributed by atoms with E-state index in [4.69, 9.17) is 5.73 Å². The first-order chi connectivity index (χ1) is 6.43. The predicted octanol–water partition coefficient (Wildman–Crippen LogP) is 2.14. The summed E-state index contributed by atoms with van der Waals surface area (Å²) in [6, 6.07) is 0. The van der Waals surface area contributed by atoms with Crippen LogP contribution < -0.4 is 11.1 Å². The molecule has 2 heteroatoms. The standard InChI is InChI=1S/C12H26N2/c1-11(2,3)10-5-7-12(9-13,14-4)8-6-10/h10,14H,5-9,13H2,1-4H3. The van der Waals surface area contributed by atoms with Gasteiger partial charge >= 0.3 is 0 Å². The molecule has 0 spiro atoms. The van der Waals surface area contributed by atoms with Crippen LogP contribution in [0.3, 0.4) is 0 Å². The van der Waals surface area contributed by atoms with Crippen molar-refractivity contribution in [2.45, 2.75) is 52.0 Å². The van der Waals surface area contributed by atoms with E-state index in [-0.39, 0.29) is 5.54 Å². The smallest absolute Gasteiger partial charge is 0.0301 e. The molecule has 1 fully saturated rings. The molecule has 1 aliphatic rings. The molecule has 84 valence electrons. The highest BCUT2D eigenvalue weighted by Gasteiger charge is 2.36. The van der Waals surface area contributed by atoms with Crippen LogP contribution in [0, 0.1) is 11.3 Å². The van der Waals surface area contributed by atoms with Crippen LogP contribution in [0.5, 0.6) is 0 Å². The van der Waals surface area contributed by atoms with Gasteiger partial charge in [0.25, 0.3) is 0 Å². The van der Waals surface area contributed by atoms with Crippen molar-refractivity contribution in [2.24, 2.45) is 17.1 Å². The quantitative estimate of drug-likeness (QED) is 0.713. The SMILES string of the molecule is CNC1(CN)CCC(C(C)(C)C)CC1. The van der Waals surface area contributed by atoms with Gasteiger partial charge in [0, 0.05) is 12.1 Å². The number of nitrogens with one attached hydrogen (secondary N) is 1. The van der Waals surface area contributed by atoms with Crippen molar-refractivity contribution >= 4 is 0 Å². The number of rotatable bonds is 2. The first kappa shape index (κ1) is 12.0. The van der Waals surface area contributed by atoms with Gasteiger partial charge in [-0.15, -0.1) is 0 Å². The first-order valence-corrected chi connectivity index (χ1v) is 5.82. The minimum atomic E-state index is 0.238. The Bertz CT molecular complexity index is 167. The fourth-order valence-electron chi connectivity index (χ4n) is 2.59. The third kappa shape index (κ3) is 2.48. The van der Waals surface area contributed by atoms with Gasteiger partial charge in [0.1, 0.15) is 0 Å². The summed E-state index contributed by atoms with van der Waals surface area (Å²) < 4.78 is 0. The molecule has 1 rings (SSSR count). The predicted molar refractivity (Wildman–Crippen MR) is 62.3 cm³/mol. The molecule has 14 heavy (non-hydrogen) atoms. The van der Waals surface area contributed by atoms with E-state index < -0.39 is 0 Å². The van der Waals surface area contributed by atoms with Crippen LogP contribution >= 0.6 is 0 Å². The molecular formula is C12H26N2. The van der Waals surface area contributed by atoms with Crippen molar-refractivity contribution in [3.8, 4) is 0 Å². The zero-order valence-electron chi connectivity index (χ0n) is 10.2. The molecule has 0 amide bonds. The van der Waals surface area contributed by atoms with Crippen molar-refractivity contribution in [1.29, 1.82) is 0 Å². The number of nitrogens with two attached hydrogens (primary N) is 1. The Morgan fingerprint density at radius 1 is 1.29 bits per heavy atom.